The summed E-state index contributed by atoms with van der Waals surface area (Å²) in [6.45, 7) is 2.55. The van der Waals surface area contributed by atoms with E-state index >= 15 is 0 Å². The number of nitrogens with one attached hydrogen (secondary N) is 2. The third-order valence-electron chi connectivity index (χ3n) is 7.32. The van der Waals surface area contributed by atoms with E-state index in [9.17, 15) is 0 Å². The summed E-state index contributed by atoms with van der Waals surface area (Å²) in [5.74, 6) is 1.37. The van der Waals surface area contributed by atoms with Crippen molar-refractivity contribution in [3.63, 3.8) is 0 Å². The SMILES string of the molecule is COc1ccc2ncc(OC)c(CCC34CCC(NCC5=CC=CCN5)(CC3)CO4)c2n1. The standard InChI is InChI=1S/C25H32N4O3/c1-30-21-16-27-20-6-7-22(31-2)29-23(20)19(21)8-9-25-12-10-24(11-13-25,17-32-25)28-15-18-5-3-4-14-26-18/h3-7,16,26,28H,8-15,17H2,1-2H3. The van der Waals surface area contributed by atoms with E-state index in [-0.39, 0.29) is 11.1 Å². The summed E-state index contributed by atoms with van der Waals surface area (Å²) in [6.07, 6.45) is 14.4. The number of hydrogen-bond acceptors (Lipinski definition) is 7. The first-order chi connectivity index (χ1) is 15.6. The highest BCUT2D eigenvalue weighted by molar-refractivity contribution is 5.80. The Hall–Kier alpha value is -2.64. The number of nitrogens with zero attached hydrogens (tertiary/aromatic N) is 2. The van der Waals surface area contributed by atoms with Crippen molar-refractivity contribution in [2.24, 2.45) is 0 Å². The molecule has 4 aliphatic rings. The molecule has 170 valence electrons. The Balaban J connectivity index is 1.27. The molecule has 0 atom stereocenters. The van der Waals surface area contributed by atoms with Crippen LogP contribution >= 0.6 is 0 Å². The molecule has 5 heterocycles. The van der Waals surface area contributed by atoms with Crippen molar-refractivity contribution in [2.75, 3.05) is 33.9 Å². The number of dihydropyridines is 1. The number of fused-ring (bicyclic) bond motifs is 4. The first-order valence-electron chi connectivity index (χ1n) is 11.5. The van der Waals surface area contributed by atoms with E-state index < -0.39 is 0 Å². The average Bonchev–Trinajstić information content (AvgIpc) is 2.87. The average molecular weight is 437 g/mol. The minimum Gasteiger partial charge on any atom is -0.495 e. The third kappa shape index (κ3) is 4.07. The van der Waals surface area contributed by atoms with Crippen LogP contribution in [0.4, 0.5) is 0 Å². The normalized spacial score (nSPS) is 26.6. The highest BCUT2D eigenvalue weighted by Gasteiger charge is 2.49. The molecule has 0 radical (unpaired) electrons. The number of ether oxygens (including phenoxy) is 3. The molecule has 3 aliphatic heterocycles. The highest BCUT2D eigenvalue weighted by Crippen LogP contribution is 2.46. The summed E-state index contributed by atoms with van der Waals surface area (Å²) in [5, 5.41) is 7.23. The fourth-order valence-corrected chi connectivity index (χ4v) is 5.19. The van der Waals surface area contributed by atoms with Gasteiger partial charge in [-0.2, -0.15) is 0 Å². The maximum Gasteiger partial charge on any atom is 0.213 e. The van der Waals surface area contributed by atoms with E-state index in [1.165, 1.54) is 5.70 Å². The van der Waals surface area contributed by atoms with E-state index in [2.05, 4.69) is 38.8 Å². The second-order valence-electron chi connectivity index (χ2n) is 9.13. The van der Waals surface area contributed by atoms with E-state index in [4.69, 9.17) is 14.2 Å². The predicted octanol–water partition coefficient (Wildman–Crippen LogP) is 3.29. The lowest BCUT2D eigenvalue weighted by atomic mass is 9.69. The Morgan fingerprint density at radius 3 is 2.72 bits per heavy atom. The molecule has 7 heteroatoms. The van der Waals surface area contributed by atoms with Crippen LogP contribution in [0.1, 0.15) is 37.7 Å². The number of methoxy groups -OCH3 is 2. The Kier molecular flexibility index (Phi) is 5.78. The number of aromatic nitrogens is 2. The van der Waals surface area contributed by atoms with Gasteiger partial charge in [-0.15, -0.1) is 0 Å². The minimum atomic E-state index is -0.0615. The van der Waals surface area contributed by atoms with Crippen molar-refractivity contribution in [3.8, 4) is 11.6 Å². The van der Waals surface area contributed by atoms with Gasteiger partial charge in [0.15, 0.2) is 0 Å². The van der Waals surface area contributed by atoms with Crippen molar-refractivity contribution in [1.29, 1.82) is 0 Å². The molecule has 0 aromatic carbocycles. The fraction of sp³-hybridized carbons (Fsp3) is 0.520. The largest absolute Gasteiger partial charge is 0.495 e. The molecule has 2 aromatic heterocycles. The molecule has 2 saturated heterocycles. The van der Waals surface area contributed by atoms with Gasteiger partial charge in [0.2, 0.25) is 5.88 Å². The zero-order chi connectivity index (χ0) is 22.0. The van der Waals surface area contributed by atoms with Crippen molar-refractivity contribution < 1.29 is 14.2 Å². The molecule has 6 rings (SSSR count). The highest BCUT2D eigenvalue weighted by atomic mass is 16.5. The summed E-state index contributed by atoms with van der Waals surface area (Å²) in [7, 11) is 3.32. The molecule has 0 unspecified atom stereocenters. The summed E-state index contributed by atoms with van der Waals surface area (Å²) in [6, 6.07) is 3.80. The minimum absolute atomic E-state index is 0.0615. The van der Waals surface area contributed by atoms with Crippen LogP contribution in [0.5, 0.6) is 11.6 Å². The van der Waals surface area contributed by atoms with Crippen molar-refractivity contribution >= 4 is 11.0 Å². The number of aryl methyl sites for hydroxylation is 1. The molecule has 2 N–H and O–H groups in total. The lowest BCUT2D eigenvalue weighted by Gasteiger charge is -2.54. The predicted molar refractivity (Wildman–Crippen MR) is 124 cm³/mol. The number of pyridine rings is 2. The van der Waals surface area contributed by atoms with Gasteiger partial charge in [0.25, 0.3) is 0 Å². The molecule has 3 fully saturated rings. The van der Waals surface area contributed by atoms with Crippen LogP contribution in [-0.4, -0.2) is 55.0 Å². The van der Waals surface area contributed by atoms with E-state index in [1.54, 1.807) is 20.4 Å². The number of rotatable bonds is 8. The first kappa shape index (κ1) is 21.2. The second kappa shape index (κ2) is 8.71. The Labute approximate surface area is 189 Å². The first-order valence-corrected chi connectivity index (χ1v) is 11.5. The molecule has 7 nitrogen and oxygen atoms in total. The summed E-state index contributed by atoms with van der Waals surface area (Å²) >= 11 is 0. The molecule has 0 amide bonds. The Bertz CT molecular complexity index is 1020. The number of hydrogen-bond donors (Lipinski definition) is 2. The molecular formula is C25H32N4O3. The van der Waals surface area contributed by atoms with Gasteiger partial charge in [-0.1, -0.05) is 12.2 Å². The van der Waals surface area contributed by atoms with Crippen LogP contribution in [0.2, 0.25) is 0 Å². The van der Waals surface area contributed by atoms with Crippen LogP contribution in [-0.2, 0) is 11.2 Å². The Morgan fingerprint density at radius 1 is 1.16 bits per heavy atom. The lowest BCUT2D eigenvalue weighted by Crippen LogP contribution is -2.62. The molecule has 32 heavy (non-hydrogen) atoms. The zero-order valence-corrected chi connectivity index (χ0v) is 18.9. The molecule has 2 bridgehead atoms. The van der Waals surface area contributed by atoms with Gasteiger partial charge in [-0.3, -0.25) is 4.98 Å². The maximum absolute atomic E-state index is 6.54. The van der Waals surface area contributed by atoms with Gasteiger partial charge in [0, 0.05) is 36.0 Å². The molecule has 2 aromatic rings. The van der Waals surface area contributed by atoms with Crippen molar-refractivity contribution in [2.45, 2.75) is 49.7 Å². The quantitative estimate of drug-likeness (QED) is 0.657. The van der Waals surface area contributed by atoms with E-state index in [1.807, 2.05) is 12.1 Å². The summed E-state index contributed by atoms with van der Waals surface area (Å²) < 4.78 is 17.5. The van der Waals surface area contributed by atoms with Gasteiger partial charge in [0.1, 0.15) is 5.75 Å². The van der Waals surface area contributed by atoms with Gasteiger partial charge >= 0.3 is 0 Å². The van der Waals surface area contributed by atoms with E-state index in [0.717, 1.165) is 80.6 Å². The summed E-state index contributed by atoms with van der Waals surface area (Å²) in [4.78, 5) is 9.17. The van der Waals surface area contributed by atoms with E-state index in [0.29, 0.717) is 5.88 Å². The fourth-order valence-electron chi connectivity index (χ4n) is 5.19. The van der Waals surface area contributed by atoms with Crippen LogP contribution < -0.4 is 20.1 Å². The van der Waals surface area contributed by atoms with Crippen molar-refractivity contribution in [3.05, 3.63) is 47.8 Å². The number of allylic oxidation sites excluding steroid dienone is 2. The van der Waals surface area contributed by atoms with Crippen LogP contribution in [0, 0.1) is 0 Å². The maximum atomic E-state index is 6.54. The monoisotopic (exact) mass is 436 g/mol. The molecule has 1 saturated carbocycles. The van der Waals surface area contributed by atoms with Crippen molar-refractivity contribution in [1.82, 2.24) is 20.6 Å². The lowest BCUT2D eigenvalue weighted by molar-refractivity contribution is -0.164. The second-order valence-corrected chi connectivity index (χ2v) is 9.13. The third-order valence-corrected chi connectivity index (χ3v) is 7.32. The molecule has 1 aliphatic carbocycles. The zero-order valence-electron chi connectivity index (χ0n) is 18.9. The molecule has 0 spiro atoms. The topological polar surface area (TPSA) is 77.5 Å². The smallest absolute Gasteiger partial charge is 0.213 e. The Morgan fingerprint density at radius 2 is 2.03 bits per heavy atom. The van der Waals surface area contributed by atoms with Gasteiger partial charge in [-0.05, 0) is 50.7 Å². The van der Waals surface area contributed by atoms with Crippen LogP contribution in [0.15, 0.2) is 42.3 Å². The van der Waals surface area contributed by atoms with Gasteiger partial charge in [-0.25, -0.2) is 4.98 Å². The van der Waals surface area contributed by atoms with Gasteiger partial charge in [0.05, 0.1) is 43.7 Å². The molecular weight excluding hydrogens is 404 g/mol. The van der Waals surface area contributed by atoms with Gasteiger partial charge < -0.3 is 24.8 Å². The van der Waals surface area contributed by atoms with Crippen LogP contribution in [0.3, 0.4) is 0 Å². The summed E-state index contributed by atoms with van der Waals surface area (Å²) in [5.41, 5.74) is 4.08. The van der Waals surface area contributed by atoms with Crippen LogP contribution in [0.25, 0.3) is 11.0 Å².